The molecule has 8 nitrogen and oxygen atoms in total. The molecule has 0 N–H and O–H groups in total. The molecule has 10 rings (SSSR count). The van der Waals surface area contributed by atoms with Crippen molar-refractivity contribution in [2.45, 2.75) is 10.8 Å². The number of carbonyl (C=O) groups is 3. The Morgan fingerprint density at radius 3 is 1.44 bits per heavy atom. The molecule has 5 aromatic carbocycles. The molecule has 50 heavy (non-hydrogen) atoms. The summed E-state index contributed by atoms with van der Waals surface area (Å²) in [5.74, 6) is -1.03. The van der Waals surface area contributed by atoms with Crippen LogP contribution < -0.4 is 23.8 Å². The zero-order valence-electron chi connectivity index (χ0n) is 26.3. The Kier molecular flexibility index (Phi) is 6.01. The second-order valence-electron chi connectivity index (χ2n) is 13.0. The molecule has 3 aliphatic heterocycles. The number of anilines is 1. The molecule has 1 saturated carbocycles. The van der Waals surface area contributed by atoms with E-state index in [2.05, 4.69) is 0 Å². The molecule has 2 amide bonds. The molecule has 4 atom stereocenters. The van der Waals surface area contributed by atoms with Gasteiger partial charge in [-0.15, -0.1) is 0 Å². The average molecular weight is 680 g/mol. The molecule has 2 aliphatic carbocycles. The van der Waals surface area contributed by atoms with Crippen molar-refractivity contribution in [1.29, 1.82) is 0 Å². The van der Waals surface area contributed by atoms with Gasteiger partial charge < -0.3 is 18.9 Å². The monoisotopic (exact) mass is 679 g/mol. The van der Waals surface area contributed by atoms with Gasteiger partial charge in [-0.1, -0.05) is 84.4 Å². The minimum Gasteiger partial charge on any atom is -0.454 e. The normalized spacial score (nSPS) is 25.5. The highest BCUT2D eigenvalue weighted by Gasteiger charge is 2.82. The van der Waals surface area contributed by atoms with Gasteiger partial charge in [-0.05, 0) is 81.9 Å². The number of halogens is 1. The lowest BCUT2D eigenvalue weighted by Gasteiger charge is -2.39. The summed E-state index contributed by atoms with van der Waals surface area (Å²) in [6.45, 7) is 0.134. The van der Waals surface area contributed by atoms with Crippen molar-refractivity contribution in [2.24, 2.45) is 11.8 Å². The van der Waals surface area contributed by atoms with Crippen molar-refractivity contribution in [1.82, 2.24) is 0 Å². The number of imide groups is 1. The van der Waals surface area contributed by atoms with E-state index in [0.29, 0.717) is 67.1 Å². The van der Waals surface area contributed by atoms with Crippen LogP contribution in [-0.2, 0) is 25.2 Å². The number of amides is 2. The van der Waals surface area contributed by atoms with Gasteiger partial charge in [0, 0.05) is 5.02 Å². The van der Waals surface area contributed by atoms with E-state index in [1.165, 1.54) is 4.90 Å². The van der Waals surface area contributed by atoms with Crippen LogP contribution in [0.15, 0.2) is 121 Å². The minimum absolute atomic E-state index is 0.0668. The van der Waals surface area contributed by atoms with Crippen molar-refractivity contribution in [3.63, 3.8) is 0 Å². The van der Waals surface area contributed by atoms with Gasteiger partial charge in [-0.3, -0.25) is 14.4 Å². The molecule has 3 heterocycles. The number of Topliss-reactive ketones (excluding diaryl/α,β-unsaturated/α-hetero) is 1. The van der Waals surface area contributed by atoms with E-state index in [-0.39, 0.29) is 19.4 Å². The molecular weight excluding hydrogens is 654 g/mol. The van der Waals surface area contributed by atoms with E-state index in [1.54, 1.807) is 24.3 Å². The fraction of sp³-hybridized carbons (Fsp3) is 0.146. The smallest absolute Gasteiger partial charge is 0.239 e. The molecule has 2 bridgehead atoms. The molecule has 2 fully saturated rings. The van der Waals surface area contributed by atoms with E-state index in [0.717, 1.165) is 0 Å². The van der Waals surface area contributed by atoms with Crippen LogP contribution in [0.25, 0.3) is 11.1 Å². The summed E-state index contributed by atoms with van der Waals surface area (Å²) >= 11 is 6.24. The van der Waals surface area contributed by atoms with Gasteiger partial charge in [0.2, 0.25) is 25.4 Å². The first-order valence-corrected chi connectivity index (χ1v) is 16.7. The highest BCUT2D eigenvalue weighted by Crippen LogP contribution is 2.74. The molecule has 0 spiro atoms. The quantitative estimate of drug-likeness (QED) is 0.185. The van der Waals surface area contributed by atoms with Crippen LogP contribution in [-0.4, -0.2) is 31.2 Å². The van der Waals surface area contributed by atoms with Gasteiger partial charge >= 0.3 is 0 Å². The zero-order chi connectivity index (χ0) is 33.8. The Hall–Kier alpha value is -5.86. The van der Waals surface area contributed by atoms with Crippen LogP contribution in [0.5, 0.6) is 23.0 Å². The number of benzene rings is 5. The Balaban J connectivity index is 1.37. The molecular formula is C41H26ClNO7. The fourth-order valence-corrected chi connectivity index (χ4v) is 9.20. The molecule has 1 saturated heterocycles. The van der Waals surface area contributed by atoms with E-state index < -0.39 is 34.5 Å². The summed E-state index contributed by atoms with van der Waals surface area (Å²) in [6.07, 6.45) is 0. The van der Waals surface area contributed by atoms with E-state index >= 15 is 14.4 Å². The number of nitrogens with zero attached hydrogens (tertiary/aromatic N) is 1. The first kappa shape index (κ1) is 29.1. The Bertz CT molecular complexity index is 2180. The van der Waals surface area contributed by atoms with Crippen LogP contribution in [0, 0.1) is 11.8 Å². The lowest BCUT2D eigenvalue weighted by atomic mass is 9.59. The average Bonchev–Trinajstić information content (AvgIpc) is 3.96. The number of rotatable bonds is 5. The van der Waals surface area contributed by atoms with Crippen LogP contribution in [0.1, 0.15) is 22.3 Å². The van der Waals surface area contributed by atoms with Crippen LogP contribution in [0.3, 0.4) is 0 Å². The van der Waals surface area contributed by atoms with Gasteiger partial charge in [-0.2, -0.15) is 0 Å². The summed E-state index contributed by atoms with van der Waals surface area (Å²) in [5.41, 5.74) is 1.13. The van der Waals surface area contributed by atoms with Crippen molar-refractivity contribution in [3.05, 3.63) is 149 Å². The highest BCUT2D eigenvalue weighted by atomic mass is 35.5. The van der Waals surface area contributed by atoms with Gasteiger partial charge in [-0.25, -0.2) is 4.90 Å². The number of ketones is 1. The molecule has 9 heteroatoms. The third-order valence-electron chi connectivity index (χ3n) is 10.9. The predicted octanol–water partition coefficient (Wildman–Crippen LogP) is 6.99. The molecule has 244 valence electrons. The second kappa shape index (κ2) is 10.3. The zero-order valence-corrected chi connectivity index (χ0v) is 27.1. The molecule has 0 unspecified atom stereocenters. The summed E-state index contributed by atoms with van der Waals surface area (Å²) < 4.78 is 23.1. The fourth-order valence-electron chi connectivity index (χ4n) is 9.07. The summed E-state index contributed by atoms with van der Waals surface area (Å²) in [6, 6.07) is 36.6. The summed E-state index contributed by atoms with van der Waals surface area (Å²) in [7, 11) is 0. The number of fused-ring (bicyclic) bond motifs is 7. The number of carbonyl (C=O) groups excluding carboxylic acids is 3. The predicted molar refractivity (Wildman–Crippen MR) is 184 cm³/mol. The largest absolute Gasteiger partial charge is 0.454 e. The van der Waals surface area contributed by atoms with Gasteiger partial charge in [0.25, 0.3) is 0 Å². The summed E-state index contributed by atoms with van der Waals surface area (Å²) in [4.78, 5) is 47.7. The third kappa shape index (κ3) is 3.53. The van der Waals surface area contributed by atoms with E-state index in [9.17, 15) is 0 Å². The highest BCUT2D eigenvalue weighted by molar-refractivity contribution is 6.39. The van der Waals surface area contributed by atoms with Gasteiger partial charge in [0.1, 0.15) is 0 Å². The van der Waals surface area contributed by atoms with Crippen LogP contribution in [0.2, 0.25) is 5.02 Å². The van der Waals surface area contributed by atoms with Crippen molar-refractivity contribution >= 4 is 46.0 Å². The second-order valence-corrected chi connectivity index (χ2v) is 13.4. The van der Waals surface area contributed by atoms with Crippen LogP contribution in [0.4, 0.5) is 5.69 Å². The Morgan fingerprint density at radius 1 is 0.540 bits per heavy atom. The lowest BCUT2D eigenvalue weighted by Crippen LogP contribution is -2.45. The van der Waals surface area contributed by atoms with Crippen LogP contribution >= 0.6 is 11.6 Å². The first-order chi connectivity index (χ1) is 24.5. The third-order valence-corrected chi connectivity index (χ3v) is 11.1. The van der Waals surface area contributed by atoms with Crippen molar-refractivity contribution in [2.75, 3.05) is 18.5 Å². The minimum atomic E-state index is -1.57. The number of allylic oxidation sites excluding steroid dienone is 2. The molecule has 5 aromatic rings. The van der Waals surface area contributed by atoms with Gasteiger partial charge in [0.15, 0.2) is 28.8 Å². The van der Waals surface area contributed by atoms with Gasteiger partial charge in [0.05, 0.1) is 28.4 Å². The van der Waals surface area contributed by atoms with E-state index in [1.807, 2.05) is 97.1 Å². The maximum atomic E-state index is 16.1. The number of hydrogen-bond acceptors (Lipinski definition) is 7. The van der Waals surface area contributed by atoms with Crippen molar-refractivity contribution in [3.8, 4) is 23.0 Å². The maximum Gasteiger partial charge on any atom is 0.239 e. The molecule has 5 aliphatic rings. The van der Waals surface area contributed by atoms with E-state index in [4.69, 9.17) is 30.5 Å². The molecule has 0 radical (unpaired) electrons. The summed E-state index contributed by atoms with van der Waals surface area (Å²) in [5, 5.41) is 0.474. The van der Waals surface area contributed by atoms with Crippen molar-refractivity contribution < 1.29 is 33.3 Å². The molecule has 0 aromatic heterocycles. The number of ether oxygens (including phenoxy) is 4. The Morgan fingerprint density at radius 2 is 0.980 bits per heavy atom. The Labute approximate surface area is 291 Å². The maximum absolute atomic E-state index is 16.1. The first-order valence-electron chi connectivity index (χ1n) is 16.3. The SMILES string of the molecule is O=C1[C@H]2[C@H](C(=O)N1c1ccc(Cl)cc1)[C@@]1(c3ccccc3)C(=O)[C@@]2(c2ccccc2)C(c2ccc3c(c2)OCO3)=C1c1ccc2c(c1)OCO2. The topological polar surface area (TPSA) is 91.4 Å². The lowest BCUT2D eigenvalue weighted by molar-refractivity contribution is -0.130. The number of hydrogen-bond donors (Lipinski definition) is 0. The standard InChI is InChI=1S/C41H26ClNO7/c42-27-13-15-28(16-14-27)43-37(44)35-36(38(43)45)41(26-9-5-2-6-10-26)34(24-12-18-30-32(20-24)50-22-48-30)33(23-11-17-29-31(19-23)49-21-47-29)40(35,39(41)46)25-7-3-1-4-8-25/h1-20,35-36H,21-22H2/t35-,36-,40+,41+/m1/s1.